The van der Waals surface area contributed by atoms with E-state index in [0.717, 1.165) is 35.5 Å². The van der Waals surface area contributed by atoms with E-state index in [0.29, 0.717) is 6.54 Å². The molecule has 0 aliphatic heterocycles. The van der Waals surface area contributed by atoms with Crippen molar-refractivity contribution in [3.8, 4) is 0 Å². The maximum atomic E-state index is 6.07. The van der Waals surface area contributed by atoms with Crippen molar-refractivity contribution in [1.29, 1.82) is 0 Å². The lowest BCUT2D eigenvalue weighted by Gasteiger charge is -2.43. The molecule has 2 N–H and O–H groups in total. The molecular weight excluding hydrogens is 372 g/mol. The molecule has 0 atom stereocenters. The molecular formula is C21H25ClN6. The topological polar surface area (TPSA) is 66.6 Å². The number of hydrogen-bond acceptors (Lipinski definition) is 3. The monoisotopic (exact) mass is 396 g/mol. The summed E-state index contributed by atoms with van der Waals surface area (Å²) in [6.45, 7) is 4.19. The predicted octanol–water partition coefficient (Wildman–Crippen LogP) is 3.56. The molecule has 7 heteroatoms. The van der Waals surface area contributed by atoms with E-state index in [4.69, 9.17) is 16.6 Å². The summed E-state index contributed by atoms with van der Waals surface area (Å²) >= 11 is 6.07. The Labute approximate surface area is 170 Å². The van der Waals surface area contributed by atoms with Gasteiger partial charge < -0.3 is 10.6 Å². The molecule has 2 aromatic heterocycles. The molecule has 0 saturated heterocycles. The molecule has 146 valence electrons. The van der Waals surface area contributed by atoms with E-state index < -0.39 is 0 Å². The Bertz CT molecular complexity index is 958. The summed E-state index contributed by atoms with van der Waals surface area (Å²) in [5.41, 5.74) is 2.33. The van der Waals surface area contributed by atoms with Gasteiger partial charge >= 0.3 is 0 Å². The quantitative estimate of drug-likeness (QED) is 0.494. The predicted molar refractivity (Wildman–Crippen MR) is 113 cm³/mol. The zero-order valence-electron chi connectivity index (χ0n) is 16.0. The van der Waals surface area contributed by atoms with Gasteiger partial charge in [0.25, 0.3) is 0 Å². The molecule has 1 aliphatic rings. The Kier molecular flexibility index (Phi) is 5.48. The number of benzene rings is 1. The molecule has 1 fully saturated rings. The van der Waals surface area contributed by atoms with Crippen molar-refractivity contribution in [3.05, 3.63) is 65.1 Å². The molecule has 0 unspecified atom stereocenters. The van der Waals surface area contributed by atoms with Crippen LogP contribution in [0.15, 0.2) is 53.7 Å². The van der Waals surface area contributed by atoms with Crippen LogP contribution in [-0.2, 0) is 12.0 Å². The van der Waals surface area contributed by atoms with Crippen LogP contribution in [0.5, 0.6) is 0 Å². The Hall–Kier alpha value is -2.60. The summed E-state index contributed by atoms with van der Waals surface area (Å²) in [6, 6.07) is 14.1. The fourth-order valence-electron chi connectivity index (χ4n) is 3.72. The number of nitrogens with zero attached hydrogens (tertiary/aromatic N) is 4. The van der Waals surface area contributed by atoms with Crippen molar-refractivity contribution >= 4 is 23.2 Å². The molecule has 28 heavy (non-hydrogen) atoms. The van der Waals surface area contributed by atoms with E-state index in [-0.39, 0.29) is 5.41 Å². The van der Waals surface area contributed by atoms with Crippen molar-refractivity contribution in [2.24, 2.45) is 4.99 Å². The molecule has 2 heterocycles. The second kappa shape index (κ2) is 8.19. The number of aromatic nitrogens is 3. The van der Waals surface area contributed by atoms with Gasteiger partial charge in [-0.25, -0.2) is 4.99 Å². The van der Waals surface area contributed by atoms with Crippen LogP contribution in [0.25, 0.3) is 5.65 Å². The van der Waals surface area contributed by atoms with Gasteiger partial charge in [-0.3, -0.25) is 4.40 Å². The summed E-state index contributed by atoms with van der Waals surface area (Å²) in [5, 5.41) is 16.1. The Morgan fingerprint density at radius 3 is 2.68 bits per heavy atom. The molecule has 0 spiro atoms. The summed E-state index contributed by atoms with van der Waals surface area (Å²) in [5.74, 6) is 1.62. The average Bonchev–Trinajstić information content (AvgIpc) is 3.09. The van der Waals surface area contributed by atoms with E-state index in [1.54, 1.807) is 0 Å². The van der Waals surface area contributed by atoms with Gasteiger partial charge in [0.2, 0.25) is 0 Å². The number of hydrogen-bond donors (Lipinski definition) is 2. The third-order valence-electron chi connectivity index (χ3n) is 5.47. The van der Waals surface area contributed by atoms with Crippen molar-refractivity contribution in [1.82, 2.24) is 25.2 Å². The highest BCUT2D eigenvalue weighted by atomic mass is 35.5. The molecule has 3 aromatic rings. The maximum Gasteiger partial charge on any atom is 0.191 e. The number of rotatable bonds is 6. The van der Waals surface area contributed by atoms with Crippen molar-refractivity contribution < 1.29 is 0 Å². The van der Waals surface area contributed by atoms with Gasteiger partial charge in [-0.05, 0) is 49.6 Å². The summed E-state index contributed by atoms with van der Waals surface area (Å²) in [4.78, 5) is 4.73. The van der Waals surface area contributed by atoms with Crippen LogP contribution in [0.4, 0.5) is 0 Å². The highest BCUT2D eigenvalue weighted by molar-refractivity contribution is 6.30. The number of halogens is 1. The Morgan fingerprint density at radius 1 is 1.14 bits per heavy atom. The molecule has 4 rings (SSSR count). The summed E-state index contributed by atoms with van der Waals surface area (Å²) in [6.07, 6.45) is 5.57. The minimum atomic E-state index is 0.155. The van der Waals surface area contributed by atoms with E-state index in [2.05, 4.69) is 39.9 Å². The van der Waals surface area contributed by atoms with E-state index in [1.165, 1.54) is 24.8 Å². The molecule has 0 amide bonds. The highest BCUT2D eigenvalue weighted by Crippen LogP contribution is 2.43. The van der Waals surface area contributed by atoms with Crippen LogP contribution in [0, 0.1) is 0 Å². The van der Waals surface area contributed by atoms with Crippen LogP contribution in [0.2, 0.25) is 5.02 Å². The first-order chi connectivity index (χ1) is 13.7. The van der Waals surface area contributed by atoms with Gasteiger partial charge in [0, 0.05) is 29.7 Å². The zero-order valence-corrected chi connectivity index (χ0v) is 16.8. The zero-order chi connectivity index (χ0) is 19.4. The smallest absolute Gasteiger partial charge is 0.191 e. The number of nitrogens with one attached hydrogen (secondary N) is 2. The second-order valence-corrected chi connectivity index (χ2v) is 7.67. The number of pyridine rings is 1. The average molecular weight is 397 g/mol. The number of fused-ring (bicyclic) bond motifs is 1. The van der Waals surface area contributed by atoms with Gasteiger partial charge in [0.15, 0.2) is 17.4 Å². The molecule has 0 radical (unpaired) electrons. The van der Waals surface area contributed by atoms with Crippen molar-refractivity contribution in [3.63, 3.8) is 0 Å². The van der Waals surface area contributed by atoms with Gasteiger partial charge in [-0.2, -0.15) is 0 Å². The number of aliphatic imine (C=N–C) groups is 1. The van der Waals surface area contributed by atoms with E-state index in [9.17, 15) is 0 Å². The van der Waals surface area contributed by atoms with Crippen molar-refractivity contribution in [2.45, 2.75) is 38.1 Å². The highest BCUT2D eigenvalue weighted by Gasteiger charge is 2.38. The van der Waals surface area contributed by atoms with Gasteiger partial charge in [0.05, 0.1) is 0 Å². The van der Waals surface area contributed by atoms with Crippen LogP contribution in [0.3, 0.4) is 0 Å². The normalized spacial score (nSPS) is 16.0. The third-order valence-corrected chi connectivity index (χ3v) is 5.72. The van der Waals surface area contributed by atoms with Crippen LogP contribution in [-0.4, -0.2) is 33.6 Å². The van der Waals surface area contributed by atoms with Crippen LogP contribution < -0.4 is 10.6 Å². The Balaban J connectivity index is 1.47. The van der Waals surface area contributed by atoms with Crippen molar-refractivity contribution in [2.75, 3.05) is 13.1 Å². The maximum absolute atomic E-state index is 6.07. The molecule has 0 bridgehead atoms. The third kappa shape index (κ3) is 3.83. The fourth-order valence-corrected chi connectivity index (χ4v) is 3.84. The van der Waals surface area contributed by atoms with Gasteiger partial charge in [0.1, 0.15) is 6.54 Å². The molecule has 1 aliphatic carbocycles. The number of guanidine groups is 1. The first-order valence-electron chi connectivity index (χ1n) is 9.77. The van der Waals surface area contributed by atoms with Gasteiger partial charge in [-0.1, -0.05) is 36.2 Å². The van der Waals surface area contributed by atoms with Crippen LogP contribution in [0.1, 0.15) is 37.6 Å². The molecule has 1 saturated carbocycles. The first-order valence-corrected chi connectivity index (χ1v) is 10.1. The van der Waals surface area contributed by atoms with Crippen LogP contribution >= 0.6 is 11.6 Å². The van der Waals surface area contributed by atoms with Gasteiger partial charge in [-0.15, -0.1) is 10.2 Å². The standard InChI is InChI=1S/C21H25ClN6/c1-2-23-20(24-14-19-27-26-18-6-3-4-13-28(18)19)25-15-21(11-5-12-21)16-7-9-17(22)10-8-16/h3-4,6-10,13H,2,5,11-12,14-15H2,1H3,(H2,23,24,25). The second-order valence-electron chi connectivity index (χ2n) is 7.23. The minimum Gasteiger partial charge on any atom is -0.357 e. The lowest BCUT2D eigenvalue weighted by Crippen LogP contribution is -2.48. The Morgan fingerprint density at radius 2 is 1.96 bits per heavy atom. The fraction of sp³-hybridized carbons (Fsp3) is 0.381. The molecule has 6 nitrogen and oxygen atoms in total. The largest absolute Gasteiger partial charge is 0.357 e. The lowest BCUT2D eigenvalue weighted by atomic mass is 9.64. The summed E-state index contributed by atoms with van der Waals surface area (Å²) < 4.78 is 1.97. The molecule has 1 aromatic carbocycles. The van der Waals surface area contributed by atoms with E-state index >= 15 is 0 Å². The van der Waals surface area contributed by atoms with E-state index in [1.807, 2.05) is 40.9 Å². The SMILES string of the molecule is CCNC(=NCc1nnc2ccccn12)NCC1(c2ccc(Cl)cc2)CCC1. The lowest BCUT2D eigenvalue weighted by molar-refractivity contribution is 0.244. The first kappa shape index (κ1) is 18.7. The minimum absolute atomic E-state index is 0.155. The summed E-state index contributed by atoms with van der Waals surface area (Å²) in [7, 11) is 0.